The van der Waals surface area contributed by atoms with E-state index in [2.05, 4.69) is 30.9 Å². The molecule has 2 heterocycles. The molecule has 2 N–H and O–H groups in total. The Labute approximate surface area is 173 Å². The van der Waals surface area contributed by atoms with E-state index in [1.54, 1.807) is 13.0 Å². The van der Waals surface area contributed by atoms with E-state index < -0.39 is 22.7 Å². The van der Waals surface area contributed by atoms with Crippen LogP contribution in [0.5, 0.6) is 11.6 Å². The SMILES string of the molecule is CC(Oc1cc(Br)cnc1[N+](=O)[O-])c1cc(F)ccc1COc1ccnc(N)n1. The van der Waals surface area contributed by atoms with Crippen LogP contribution < -0.4 is 15.2 Å². The Kier molecular flexibility index (Phi) is 6.17. The van der Waals surface area contributed by atoms with Gasteiger partial charge in [-0.25, -0.2) is 9.37 Å². The van der Waals surface area contributed by atoms with Crippen molar-refractivity contribution >= 4 is 27.7 Å². The van der Waals surface area contributed by atoms with E-state index in [0.717, 1.165) is 0 Å². The highest BCUT2D eigenvalue weighted by Gasteiger charge is 2.22. The highest BCUT2D eigenvalue weighted by Crippen LogP contribution is 2.33. The molecule has 0 fully saturated rings. The molecule has 3 rings (SSSR count). The van der Waals surface area contributed by atoms with Gasteiger partial charge >= 0.3 is 5.82 Å². The molecule has 0 radical (unpaired) electrons. The summed E-state index contributed by atoms with van der Waals surface area (Å²) in [5.41, 5.74) is 6.60. The second-order valence-electron chi connectivity index (χ2n) is 5.88. The van der Waals surface area contributed by atoms with Crippen molar-refractivity contribution in [2.45, 2.75) is 19.6 Å². The number of anilines is 1. The zero-order valence-electron chi connectivity index (χ0n) is 15.1. The zero-order chi connectivity index (χ0) is 21.0. The standard InChI is InChI=1S/C18H15BrFN5O4/c1-10(29-15-6-12(19)8-23-17(15)25(26)27)14-7-13(20)3-2-11(14)9-28-16-4-5-22-18(21)24-16/h2-8,10H,9H2,1H3,(H2,21,22,24). The third kappa shape index (κ3) is 5.13. The van der Waals surface area contributed by atoms with Crippen LogP contribution in [0.15, 0.2) is 47.2 Å². The van der Waals surface area contributed by atoms with Crippen LogP contribution in [0.4, 0.5) is 16.2 Å². The second-order valence-corrected chi connectivity index (χ2v) is 6.79. The van der Waals surface area contributed by atoms with Crippen molar-refractivity contribution < 1.29 is 18.8 Å². The lowest BCUT2D eigenvalue weighted by atomic mass is 10.0. The number of hydrogen-bond donors (Lipinski definition) is 1. The van der Waals surface area contributed by atoms with Crippen molar-refractivity contribution in [1.29, 1.82) is 0 Å². The normalized spacial score (nSPS) is 11.7. The molecule has 29 heavy (non-hydrogen) atoms. The third-order valence-electron chi connectivity index (χ3n) is 3.85. The summed E-state index contributed by atoms with van der Waals surface area (Å²) in [6, 6.07) is 7.08. The molecule has 11 heteroatoms. The molecule has 0 saturated heterocycles. The van der Waals surface area contributed by atoms with Gasteiger partial charge in [0.1, 0.15) is 18.5 Å². The number of nitrogen functional groups attached to an aromatic ring is 1. The van der Waals surface area contributed by atoms with Gasteiger partial charge in [0.2, 0.25) is 17.6 Å². The van der Waals surface area contributed by atoms with Gasteiger partial charge in [0.25, 0.3) is 0 Å². The summed E-state index contributed by atoms with van der Waals surface area (Å²) < 4.78 is 25.7. The maximum absolute atomic E-state index is 13.9. The van der Waals surface area contributed by atoms with Gasteiger partial charge in [0.05, 0.1) is 4.47 Å². The summed E-state index contributed by atoms with van der Waals surface area (Å²) >= 11 is 3.21. The number of halogens is 2. The monoisotopic (exact) mass is 463 g/mol. The van der Waals surface area contributed by atoms with Crippen molar-refractivity contribution in [3.63, 3.8) is 0 Å². The number of pyridine rings is 1. The lowest BCUT2D eigenvalue weighted by Crippen LogP contribution is -2.11. The van der Waals surface area contributed by atoms with E-state index in [9.17, 15) is 14.5 Å². The molecule has 0 aliphatic heterocycles. The van der Waals surface area contributed by atoms with Crippen LogP contribution in [-0.4, -0.2) is 19.9 Å². The molecule has 0 saturated carbocycles. The topological polar surface area (TPSA) is 126 Å². The van der Waals surface area contributed by atoms with E-state index >= 15 is 0 Å². The quantitative estimate of drug-likeness (QED) is 0.411. The molecular weight excluding hydrogens is 449 g/mol. The first-order valence-corrected chi connectivity index (χ1v) is 9.09. The van der Waals surface area contributed by atoms with Crippen molar-refractivity contribution in [3.8, 4) is 11.6 Å². The van der Waals surface area contributed by atoms with Crippen molar-refractivity contribution in [1.82, 2.24) is 15.0 Å². The van der Waals surface area contributed by atoms with Crippen LogP contribution >= 0.6 is 15.9 Å². The summed E-state index contributed by atoms with van der Waals surface area (Å²) in [4.78, 5) is 22.0. The predicted octanol–water partition coefficient (Wildman–Crippen LogP) is 3.98. The smallest absolute Gasteiger partial charge is 0.406 e. The summed E-state index contributed by atoms with van der Waals surface area (Å²) in [6.45, 7) is 1.70. The number of benzene rings is 1. The number of aromatic nitrogens is 3. The average molecular weight is 464 g/mol. The number of hydrogen-bond acceptors (Lipinski definition) is 8. The van der Waals surface area contributed by atoms with E-state index in [4.69, 9.17) is 15.2 Å². The summed E-state index contributed by atoms with van der Waals surface area (Å²) in [5, 5.41) is 11.2. The Morgan fingerprint density at radius 3 is 2.83 bits per heavy atom. The van der Waals surface area contributed by atoms with Gasteiger partial charge in [-0.1, -0.05) is 6.07 Å². The largest absolute Gasteiger partial charge is 0.478 e. The maximum atomic E-state index is 13.9. The molecule has 0 spiro atoms. The van der Waals surface area contributed by atoms with Crippen LogP contribution in [0, 0.1) is 15.9 Å². The van der Waals surface area contributed by atoms with Gasteiger partial charge < -0.3 is 25.3 Å². The Bertz CT molecular complexity index is 1050. The molecule has 1 aromatic carbocycles. The fourth-order valence-electron chi connectivity index (χ4n) is 2.56. The van der Waals surface area contributed by atoms with E-state index in [1.165, 1.54) is 36.7 Å². The summed E-state index contributed by atoms with van der Waals surface area (Å²) in [5.74, 6) is -0.643. The summed E-state index contributed by atoms with van der Waals surface area (Å²) in [7, 11) is 0. The molecule has 150 valence electrons. The minimum Gasteiger partial charge on any atom is -0.478 e. The number of ether oxygens (including phenoxy) is 2. The van der Waals surface area contributed by atoms with Gasteiger partial charge in [0, 0.05) is 23.9 Å². The van der Waals surface area contributed by atoms with Crippen LogP contribution in [-0.2, 0) is 6.61 Å². The zero-order valence-corrected chi connectivity index (χ0v) is 16.7. The van der Waals surface area contributed by atoms with Crippen LogP contribution in [0.25, 0.3) is 0 Å². The van der Waals surface area contributed by atoms with E-state index in [1.807, 2.05) is 0 Å². The molecule has 2 aromatic heterocycles. The molecule has 0 amide bonds. The van der Waals surface area contributed by atoms with Crippen molar-refractivity contribution in [2.75, 3.05) is 5.73 Å². The predicted molar refractivity (Wildman–Crippen MR) is 105 cm³/mol. The van der Waals surface area contributed by atoms with Crippen molar-refractivity contribution in [2.24, 2.45) is 0 Å². The van der Waals surface area contributed by atoms with Gasteiger partial charge in [-0.15, -0.1) is 0 Å². The van der Waals surface area contributed by atoms with Crippen molar-refractivity contribution in [3.05, 3.63) is 74.3 Å². The van der Waals surface area contributed by atoms with E-state index in [0.29, 0.717) is 15.6 Å². The first-order valence-electron chi connectivity index (χ1n) is 8.29. The Balaban J connectivity index is 1.85. The highest BCUT2D eigenvalue weighted by molar-refractivity contribution is 9.10. The fourth-order valence-corrected chi connectivity index (χ4v) is 2.87. The number of nitro groups is 1. The first-order chi connectivity index (χ1) is 13.8. The average Bonchev–Trinajstić information content (AvgIpc) is 2.67. The Morgan fingerprint density at radius 2 is 2.10 bits per heavy atom. The Hall–Kier alpha value is -3.34. The lowest BCUT2D eigenvalue weighted by Gasteiger charge is -2.18. The minimum absolute atomic E-state index is 0.0448. The van der Waals surface area contributed by atoms with Gasteiger partial charge in [-0.2, -0.15) is 4.98 Å². The maximum Gasteiger partial charge on any atom is 0.406 e. The van der Waals surface area contributed by atoms with Crippen LogP contribution in [0.1, 0.15) is 24.2 Å². The molecule has 9 nitrogen and oxygen atoms in total. The van der Waals surface area contributed by atoms with Gasteiger partial charge in [0.15, 0.2) is 6.20 Å². The number of nitrogens with zero attached hydrogens (tertiary/aromatic N) is 4. The molecule has 1 unspecified atom stereocenters. The molecule has 0 aliphatic carbocycles. The third-order valence-corrected chi connectivity index (χ3v) is 4.28. The number of nitrogens with two attached hydrogens (primary N) is 1. The second kappa shape index (κ2) is 8.78. The van der Waals surface area contributed by atoms with E-state index in [-0.39, 0.29) is 24.2 Å². The molecule has 3 aromatic rings. The minimum atomic E-state index is -0.727. The summed E-state index contributed by atoms with van der Waals surface area (Å²) in [6.07, 6.45) is 2.02. The van der Waals surface area contributed by atoms with Crippen LogP contribution in [0.3, 0.4) is 0 Å². The first kappa shape index (κ1) is 20.4. The lowest BCUT2D eigenvalue weighted by molar-refractivity contribution is -0.390. The fraction of sp³-hybridized carbons (Fsp3) is 0.167. The molecule has 0 bridgehead atoms. The number of rotatable bonds is 7. The Morgan fingerprint density at radius 1 is 1.31 bits per heavy atom. The highest BCUT2D eigenvalue weighted by atomic mass is 79.9. The van der Waals surface area contributed by atoms with Crippen LogP contribution in [0.2, 0.25) is 0 Å². The van der Waals surface area contributed by atoms with Gasteiger partial charge in [-0.05, 0) is 50.5 Å². The molecule has 1 atom stereocenters. The van der Waals surface area contributed by atoms with Gasteiger partial charge in [-0.3, -0.25) is 0 Å². The molecule has 0 aliphatic rings. The molecular formula is C18H15BrFN5O4.